The monoisotopic (exact) mass is 310 g/mol. The smallest absolute Gasteiger partial charge is 0.267 e. The van der Waals surface area contributed by atoms with Crippen LogP contribution in [-0.2, 0) is 4.79 Å². The summed E-state index contributed by atoms with van der Waals surface area (Å²) in [5.74, 6) is 5.00. The van der Waals surface area contributed by atoms with Crippen LogP contribution in [0.2, 0.25) is 0 Å². The highest BCUT2D eigenvalue weighted by atomic mass is 32.2. The van der Waals surface area contributed by atoms with Gasteiger partial charge in [-0.05, 0) is 54.4 Å². The Labute approximate surface area is 133 Å². The third kappa shape index (κ3) is 5.37. The number of rotatable bonds is 4. The number of allylic oxidation sites excluding steroid dienone is 1. The molecule has 0 spiro atoms. The molecule has 0 aromatic heterocycles. The molecule has 0 aliphatic carbocycles. The summed E-state index contributed by atoms with van der Waals surface area (Å²) < 4.78 is 3.25. The van der Waals surface area contributed by atoms with E-state index in [9.17, 15) is 4.79 Å². The van der Waals surface area contributed by atoms with Gasteiger partial charge in [-0.2, -0.15) is 0 Å². The zero-order valence-electron chi connectivity index (χ0n) is 11.6. The van der Waals surface area contributed by atoms with Crippen LogP contribution in [0.1, 0.15) is 5.56 Å². The minimum absolute atomic E-state index is 0.605. The standard InChI is InChI=1S/C17H14N2O2S/c20-17(18-21)9-5-4-6-14-10-12-15(13-11-14)19-22-16-7-2-1-3-8-16/h1-3,5,7-13,19,21H,(H,18,20). The van der Waals surface area contributed by atoms with Gasteiger partial charge in [0.25, 0.3) is 5.91 Å². The summed E-state index contributed by atoms with van der Waals surface area (Å²) in [5, 5.41) is 8.31. The maximum Gasteiger partial charge on any atom is 0.267 e. The summed E-state index contributed by atoms with van der Waals surface area (Å²) in [7, 11) is 0. The molecule has 0 saturated heterocycles. The van der Waals surface area contributed by atoms with Crippen LogP contribution in [0.4, 0.5) is 5.69 Å². The van der Waals surface area contributed by atoms with Crippen molar-refractivity contribution < 1.29 is 10.0 Å². The normalized spacial score (nSPS) is 9.86. The molecule has 0 aliphatic rings. The molecule has 2 aromatic carbocycles. The highest BCUT2D eigenvalue weighted by Gasteiger charge is 1.94. The molecule has 3 N–H and O–H groups in total. The first-order valence-electron chi connectivity index (χ1n) is 6.48. The van der Waals surface area contributed by atoms with Gasteiger partial charge in [0.2, 0.25) is 0 Å². The summed E-state index contributed by atoms with van der Waals surface area (Å²) in [4.78, 5) is 11.9. The Balaban J connectivity index is 1.89. The van der Waals surface area contributed by atoms with Crippen molar-refractivity contribution in [2.24, 2.45) is 0 Å². The quantitative estimate of drug-likeness (QED) is 0.267. The van der Waals surface area contributed by atoms with E-state index in [2.05, 4.69) is 16.6 Å². The maximum absolute atomic E-state index is 10.7. The largest absolute Gasteiger partial charge is 0.326 e. The first-order valence-corrected chi connectivity index (χ1v) is 7.30. The van der Waals surface area contributed by atoms with Crippen LogP contribution in [0.3, 0.4) is 0 Å². The van der Waals surface area contributed by atoms with Gasteiger partial charge in [-0.15, -0.1) is 0 Å². The van der Waals surface area contributed by atoms with Crippen LogP contribution in [-0.4, -0.2) is 11.1 Å². The lowest BCUT2D eigenvalue weighted by Gasteiger charge is -2.04. The van der Waals surface area contributed by atoms with Crippen LogP contribution >= 0.6 is 11.9 Å². The second-order valence-corrected chi connectivity index (χ2v) is 5.05. The lowest BCUT2D eigenvalue weighted by molar-refractivity contribution is -0.124. The lowest BCUT2D eigenvalue weighted by atomic mass is 10.2. The van der Waals surface area contributed by atoms with Crippen LogP contribution in [0.5, 0.6) is 0 Å². The zero-order valence-corrected chi connectivity index (χ0v) is 12.4. The molecule has 2 rings (SSSR count). The van der Waals surface area contributed by atoms with Crippen molar-refractivity contribution in [1.82, 2.24) is 5.48 Å². The Morgan fingerprint density at radius 2 is 1.82 bits per heavy atom. The van der Waals surface area contributed by atoms with E-state index < -0.39 is 5.91 Å². The van der Waals surface area contributed by atoms with Crippen molar-refractivity contribution in [1.29, 1.82) is 0 Å². The minimum Gasteiger partial charge on any atom is -0.326 e. The van der Waals surface area contributed by atoms with Gasteiger partial charge in [-0.25, -0.2) is 5.48 Å². The second-order valence-electron chi connectivity index (χ2n) is 4.17. The molecule has 0 aliphatic heterocycles. The van der Waals surface area contributed by atoms with Crippen LogP contribution in [0.15, 0.2) is 71.6 Å². The number of carbonyl (C=O) groups excluding carboxylic acids is 1. The van der Waals surface area contributed by atoms with Crippen LogP contribution in [0, 0.1) is 11.8 Å². The molecule has 1 amide bonds. The molecular weight excluding hydrogens is 296 g/mol. The summed E-state index contributed by atoms with van der Waals surface area (Å²) in [6, 6.07) is 17.7. The summed E-state index contributed by atoms with van der Waals surface area (Å²) in [6.07, 6.45) is 2.53. The molecule has 0 unspecified atom stereocenters. The summed E-state index contributed by atoms with van der Waals surface area (Å²) >= 11 is 1.54. The number of nitrogens with one attached hydrogen (secondary N) is 2. The number of benzene rings is 2. The number of hydrogen-bond donors (Lipinski definition) is 3. The average Bonchev–Trinajstić information content (AvgIpc) is 2.58. The molecule has 2 aromatic rings. The zero-order chi connectivity index (χ0) is 15.6. The Kier molecular flexibility index (Phi) is 6.12. The fraction of sp³-hybridized carbons (Fsp3) is 0. The molecule has 110 valence electrons. The number of anilines is 1. The van der Waals surface area contributed by atoms with Crippen molar-refractivity contribution in [3.63, 3.8) is 0 Å². The average molecular weight is 310 g/mol. The number of hydrogen-bond acceptors (Lipinski definition) is 4. The van der Waals surface area contributed by atoms with E-state index >= 15 is 0 Å². The summed E-state index contributed by atoms with van der Waals surface area (Å²) in [5.41, 5.74) is 3.31. The highest BCUT2D eigenvalue weighted by Crippen LogP contribution is 2.20. The molecule has 0 saturated carbocycles. The van der Waals surface area contributed by atoms with Crippen LogP contribution < -0.4 is 10.2 Å². The van der Waals surface area contributed by atoms with Gasteiger partial charge in [-0.3, -0.25) is 10.0 Å². The molecular formula is C17H14N2O2S. The van der Waals surface area contributed by atoms with E-state index in [1.165, 1.54) is 11.6 Å². The highest BCUT2D eigenvalue weighted by molar-refractivity contribution is 8.00. The number of hydroxylamine groups is 1. The predicted molar refractivity (Wildman–Crippen MR) is 88.3 cm³/mol. The maximum atomic E-state index is 10.7. The SMILES string of the molecule is O=C(C=CC#Cc1ccc(NSc2ccccc2)cc1)NO. The van der Waals surface area contributed by atoms with Gasteiger partial charge in [-0.1, -0.05) is 30.0 Å². The van der Waals surface area contributed by atoms with E-state index in [0.717, 1.165) is 22.2 Å². The summed E-state index contributed by atoms with van der Waals surface area (Å²) in [6.45, 7) is 0. The minimum atomic E-state index is -0.605. The van der Waals surface area contributed by atoms with E-state index in [4.69, 9.17) is 5.21 Å². The number of carbonyl (C=O) groups is 1. The Morgan fingerprint density at radius 3 is 2.50 bits per heavy atom. The Bertz CT molecular complexity index is 701. The van der Waals surface area contributed by atoms with E-state index in [-0.39, 0.29) is 0 Å². The molecule has 0 radical (unpaired) electrons. The molecule has 4 nitrogen and oxygen atoms in total. The van der Waals surface area contributed by atoms with Gasteiger partial charge < -0.3 is 4.72 Å². The molecule has 22 heavy (non-hydrogen) atoms. The first-order chi connectivity index (χ1) is 10.8. The van der Waals surface area contributed by atoms with Gasteiger partial charge >= 0.3 is 0 Å². The number of amides is 1. The van der Waals surface area contributed by atoms with E-state index in [1.807, 2.05) is 54.6 Å². The predicted octanol–water partition coefficient (Wildman–Crippen LogP) is 3.22. The molecule has 0 bridgehead atoms. The molecule has 0 fully saturated rings. The topological polar surface area (TPSA) is 61.4 Å². The lowest BCUT2D eigenvalue weighted by Crippen LogP contribution is -2.14. The third-order valence-electron chi connectivity index (χ3n) is 2.56. The Hall–Kier alpha value is -2.68. The van der Waals surface area contributed by atoms with Crippen molar-refractivity contribution in [2.45, 2.75) is 4.90 Å². The Morgan fingerprint density at radius 1 is 1.09 bits per heavy atom. The van der Waals surface area contributed by atoms with Gasteiger partial charge in [0, 0.05) is 22.2 Å². The fourth-order valence-corrected chi connectivity index (χ4v) is 2.17. The van der Waals surface area contributed by atoms with Crippen molar-refractivity contribution in [3.8, 4) is 11.8 Å². The van der Waals surface area contributed by atoms with E-state index in [0.29, 0.717) is 0 Å². The second kappa shape index (κ2) is 8.57. The first kappa shape index (κ1) is 15.7. The fourth-order valence-electron chi connectivity index (χ4n) is 1.51. The van der Waals surface area contributed by atoms with Crippen LogP contribution in [0.25, 0.3) is 0 Å². The van der Waals surface area contributed by atoms with Crippen molar-refractivity contribution >= 4 is 23.5 Å². The molecule has 0 atom stereocenters. The van der Waals surface area contributed by atoms with Gasteiger partial charge in [0.15, 0.2) is 0 Å². The van der Waals surface area contributed by atoms with Crippen molar-refractivity contribution in [3.05, 3.63) is 72.3 Å². The van der Waals surface area contributed by atoms with Crippen molar-refractivity contribution in [2.75, 3.05) is 4.72 Å². The van der Waals surface area contributed by atoms with Gasteiger partial charge in [0.05, 0.1) is 0 Å². The third-order valence-corrected chi connectivity index (χ3v) is 3.41. The molecule has 0 heterocycles. The van der Waals surface area contributed by atoms with Gasteiger partial charge in [0.1, 0.15) is 0 Å². The van der Waals surface area contributed by atoms with E-state index in [1.54, 1.807) is 11.9 Å². The molecule has 5 heteroatoms.